The van der Waals surface area contributed by atoms with E-state index in [0.29, 0.717) is 38.0 Å². The van der Waals surface area contributed by atoms with Crippen LogP contribution in [-0.4, -0.2) is 66.8 Å². The van der Waals surface area contributed by atoms with Crippen molar-refractivity contribution in [2.75, 3.05) is 32.6 Å². The van der Waals surface area contributed by atoms with Crippen molar-refractivity contribution >= 4 is 17.4 Å². The number of benzene rings is 1. The predicted octanol–water partition coefficient (Wildman–Crippen LogP) is 1.09. The van der Waals surface area contributed by atoms with Gasteiger partial charge in [0.05, 0.1) is 31.4 Å². The Labute approximate surface area is 169 Å². The smallest absolute Gasteiger partial charge is 0.332 e. The lowest BCUT2D eigenvalue weighted by Crippen LogP contribution is -2.78. The third kappa shape index (κ3) is 1.64. The van der Waals surface area contributed by atoms with Gasteiger partial charge in [-0.3, -0.25) is 9.69 Å². The molecule has 5 aliphatic rings. The van der Waals surface area contributed by atoms with Crippen LogP contribution < -0.4 is 10.1 Å². The molecule has 7 nitrogen and oxygen atoms in total. The quantitative estimate of drug-likeness (QED) is 0.721. The van der Waals surface area contributed by atoms with Crippen molar-refractivity contribution in [1.29, 1.82) is 0 Å². The topological polar surface area (TPSA) is 88.1 Å². The molecule has 2 unspecified atom stereocenters. The van der Waals surface area contributed by atoms with Gasteiger partial charge >= 0.3 is 5.97 Å². The van der Waals surface area contributed by atoms with Gasteiger partial charge in [-0.05, 0) is 30.9 Å². The lowest BCUT2D eigenvalue weighted by molar-refractivity contribution is -0.178. The van der Waals surface area contributed by atoms with Gasteiger partial charge in [-0.15, -0.1) is 0 Å². The molecule has 154 valence electrons. The first-order valence-electron chi connectivity index (χ1n) is 10.4. The number of hydrogen-bond donors (Lipinski definition) is 2. The van der Waals surface area contributed by atoms with E-state index in [1.54, 1.807) is 7.11 Å². The third-order valence-electron chi connectivity index (χ3n) is 8.79. The molecular weight excluding hydrogens is 372 g/mol. The average molecular weight is 398 g/mol. The minimum Gasteiger partial charge on any atom is -0.495 e. The molecule has 0 aromatic heterocycles. The van der Waals surface area contributed by atoms with E-state index >= 15 is 0 Å². The number of piperidine rings is 1. The number of carbonyl (C=O) groups is 2. The zero-order valence-corrected chi connectivity index (χ0v) is 16.7. The van der Waals surface area contributed by atoms with Crippen LogP contribution in [0.15, 0.2) is 18.2 Å². The fourth-order valence-corrected chi connectivity index (χ4v) is 7.94. The van der Waals surface area contributed by atoms with Gasteiger partial charge in [-0.25, -0.2) is 4.79 Å². The Morgan fingerprint density at radius 1 is 1.31 bits per heavy atom. The summed E-state index contributed by atoms with van der Waals surface area (Å²) in [5.74, 6) is 0.203. The molecule has 2 N–H and O–H groups in total. The van der Waals surface area contributed by atoms with Crippen molar-refractivity contribution < 1.29 is 24.2 Å². The van der Waals surface area contributed by atoms with Crippen LogP contribution in [0, 0.1) is 11.3 Å². The van der Waals surface area contributed by atoms with Gasteiger partial charge in [-0.1, -0.05) is 12.1 Å². The standard InChI is InChI=1S/C22H26N2O5/c1-28-15-5-3-4-12-17(15)23-21(19(27)29-2)8-7-20-10-14(25)13-11-24(9-6-16(20)26)18(20)22(12,13)21/h3-5,13,16,18,23,26H,6-11H2,1-2H3/t13?,16?,18-,20+,21+,22-/m0/s1. The molecule has 6 atom stereocenters. The summed E-state index contributed by atoms with van der Waals surface area (Å²) in [6.45, 7) is 1.38. The lowest BCUT2D eigenvalue weighted by atomic mass is 9.41. The van der Waals surface area contributed by atoms with Crippen LogP contribution in [0.25, 0.3) is 0 Å². The second-order valence-corrected chi connectivity index (χ2v) is 9.40. The molecule has 0 amide bonds. The largest absolute Gasteiger partial charge is 0.495 e. The summed E-state index contributed by atoms with van der Waals surface area (Å²) in [5.41, 5.74) is -0.534. The summed E-state index contributed by atoms with van der Waals surface area (Å²) >= 11 is 0. The summed E-state index contributed by atoms with van der Waals surface area (Å²) in [5, 5.41) is 14.7. The van der Waals surface area contributed by atoms with Gasteiger partial charge in [0.2, 0.25) is 0 Å². The summed E-state index contributed by atoms with van der Waals surface area (Å²) in [4.78, 5) is 29.4. The van der Waals surface area contributed by atoms with E-state index in [0.717, 1.165) is 17.8 Å². The fraction of sp³-hybridized carbons (Fsp3) is 0.636. The Kier molecular flexibility index (Phi) is 3.25. The monoisotopic (exact) mass is 398 g/mol. The second-order valence-electron chi connectivity index (χ2n) is 9.40. The number of carbonyl (C=O) groups excluding carboxylic acids is 2. The molecule has 4 fully saturated rings. The molecule has 2 aliphatic carbocycles. The molecule has 1 aromatic carbocycles. The predicted molar refractivity (Wildman–Crippen MR) is 104 cm³/mol. The van der Waals surface area contributed by atoms with E-state index in [-0.39, 0.29) is 23.7 Å². The van der Waals surface area contributed by atoms with Crippen molar-refractivity contribution in [3.63, 3.8) is 0 Å². The lowest BCUT2D eigenvalue weighted by Gasteiger charge is -2.65. The number of anilines is 1. The summed E-state index contributed by atoms with van der Waals surface area (Å²) in [6, 6.07) is 5.77. The van der Waals surface area contributed by atoms with Gasteiger partial charge in [0.1, 0.15) is 17.1 Å². The number of aliphatic hydroxyl groups excluding tert-OH is 1. The maximum atomic E-state index is 13.6. The average Bonchev–Trinajstić information content (AvgIpc) is 3.21. The van der Waals surface area contributed by atoms with E-state index in [1.807, 2.05) is 18.2 Å². The van der Waals surface area contributed by atoms with E-state index in [2.05, 4.69) is 10.2 Å². The fourth-order valence-electron chi connectivity index (χ4n) is 7.94. The number of methoxy groups -OCH3 is 2. The number of hydrogen-bond acceptors (Lipinski definition) is 7. The number of esters is 1. The molecule has 1 aromatic rings. The highest BCUT2D eigenvalue weighted by molar-refractivity contribution is 5.99. The molecule has 3 heterocycles. The molecule has 7 heteroatoms. The highest BCUT2D eigenvalue weighted by Crippen LogP contribution is 2.73. The maximum Gasteiger partial charge on any atom is 0.332 e. The molecule has 6 rings (SSSR count). The highest BCUT2D eigenvalue weighted by atomic mass is 16.5. The van der Waals surface area contributed by atoms with Crippen LogP contribution in [-0.2, 0) is 19.7 Å². The Hall–Kier alpha value is -2.12. The number of Topliss-reactive ketones (excluding diaryl/α,β-unsaturated/α-hetero) is 1. The van der Waals surface area contributed by atoms with Crippen molar-refractivity contribution in [2.24, 2.45) is 11.3 Å². The SMILES string of the molecule is COC(=O)[C@]12CC[C@@]34CC(=O)C5CN(CCC3O)[C@@H]4[C@]51c1cccc(OC)c1N2. The number of ether oxygens (including phenoxy) is 2. The van der Waals surface area contributed by atoms with Gasteiger partial charge < -0.3 is 19.9 Å². The van der Waals surface area contributed by atoms with E-state index in [1.165, 1.54) is 7.11 Å². The molecule has 29 heavy (non-hydrogen) atoms. The third-order valence-corrected chi connectivity index (χ3v) is 8.79. The molecule has 3 aliphatic heterocycles. The number of rotatable bonds is 2. The first kappa shape index (κ1) is 17.7. The van der Waals surface area contributed by atoms with Crippen LogP contribution in [0.1, 0.15) is 31.2 Å². The van der Waals surface area contributed by atoms with Crippen molar-refractivity contribution in [1.82, 2.24) is 4.90 Å². The van der Waals surface area contributed by atoms with E-state index in [4.69, 9.17) is 9.47 Å². The number of nitrogens with zero attached hydrogens (tertiary/aromatic N) is 1. The molecule has 1 spiro atoms. The minimum atomic E-state index is -1.03. The Bertz CT molecular complexity index is 949. The maximum absolute atomic E-state index is 13.6. The Morgan fingerprint density at radius 2 is 2.14 bits per heavy atom. The normalized spacial score (nSPS) is 44.0. The zero-order valence-electron chi connectivity index (χ0n) is 16.7. The Morgan fingerprint density at radius 3 is 2.90 bits per heavy atom. The number of aliphatic hydroxyl groups is 1. The van der Waals surface area contributed by atoms with Crippen LogP contribution in [0.5, 0.6) is 5.75 Å². The number of para-hydroxylation sites is 1. The van der Waals surface area contributed by atoms with Crippen molar-refractivity contribution in [3.8, 4) is 5.75 Å². The second kappa shape index (κ2) is 5.32. The van der Waals surface area contributed by atoms with Gasteiger partial charge in [0.15, 0.2) is 0 Å². The number of fused-ring (bicyclic) bond motifs is 1. The van der Waals surface area contributed by atoms with Crippen LogP contribution in [0.2, 0.25) is 0 Å². The summed E-state index contributed by atoms with van der Waals surface area (Å²) in [7, 11) is 3.03. The summed E-state index contributed by atoms with van der Waals surface area (Å²) < 4.78 is 11.0. The van der Waals surface area contributed by atoms with E-state index in [9.17, 15) is 14.7 Å². The number of ketones is 1. The zero-order chi connectivity index (χ0) is 20.2. The Balaban J connectivity index is 1.72. The van der Waals surface area contributed by atoms with Crippen LogP contribution >= 0.6 is 0 Å². The van der Waals surface area contributed by atoms with Gasteiger partial charge in [-0.2, -0.15) is 0 Å². The molecule has 0 radical (unpaired) electrons. The van der Waals surface area contributed by atoms with Gasteiger partial charge in [0.25, 0.3) is 0 Å². The molecule has 4 bridgehead atoms. The van der Waals surface area contributed by atoms with Crippen molar-refractivity contribution in [2.45, 2.75) is 48.8 Å². The first-order valence-corrected chi connectivity index (χ1v) is 10.4. The summed E-state index contributed by atoms with van der Waals surface area (Å²) in [6.07, 6.45) is 1.69. The molecule has 2 saturated carbocycles. The van der Waals surface area contributed by atoms with Crippen LogP contribution in [0.4, 0.5) is 5.69 Å². The minimum absolute atomic E-state index is 0.0739. The molecular formula is C22H26N2O5. The number of nitrogens with one attached hydrogen (secondary N) is 1. The highest BCUT2D eigenvalue weighted by Gasteiger charge is 2.83. The van der Waals surface area contributed by atoms with E-state index < -0.39 is 22.5 Å². The van der Waals surface area contributed by atoms with Crippen molar-refractivity contribution in [3.05, 3.63) is 23.8 Å². The molecule has 2 saturated heterocycles. The van der Waals surface area contributed by atoms with Crippen LogP contribution in [0.3, 0.4) is 0 Å². The van der Waals surface area contributed by atoms with Gasteiger partial charge in [0, 0.05) is 36.9 Å². The first-order chi connectivity index (χ1) is 14.0.